The molecule has 6 nitrogen and oxygen atoms in total. The van der Waals surface area contributed by atoms with Gasteiger partial charge in [0.1, 0.15) is 0 Å². The van der Waals surface area contributed by atoms with Crippen molar-refractivity contribution in [3.63, 3.8) is 0 Å². The number of carbonyl (C=O) groups is 1. The highest BCUT2D eigenvalue weighted by Gasteiger charge is 2.22. The summed E-state index contributed by atoms with van der Waals surface area (Å²) in [6.07, 6.45) is 0. The molecule has 0 saturated carbocycles. The molecule has 0 atom stereocenters. The van der Waals surface area contributed by atoms with E-state index in [1.807, 2.05) is 27.8 Å². The normalized spacial score (nSPS) is 15.7. The first kappa shape index (κ1) is 21.1. The number of anilines is 1. The summed E-state index contributed by atoms with van der Waals surface area (Å²) in [5.41, 5.74) is 3.68. The molecule has 6 heteroatoms. The summed E-state index contributed by atoms with van der Waals surface area (Å²) < 4.78 is 0. The molecule has 0 unspecified atom stereocenters. The van der Waals surface area contributed by atoms with Crippen LogP contribution in [0, 0.1) is 19.3 Å². The zero-order valence-corrected chi connectivity index (χ0v) is 17.7. The number of piperazine rings is 1. The Bertz CT molecular complexity index is 670. The Morgan fingerprint density at radius 3 is 2.30 bits per heavy atom. The van der Waals surface area contributed by atoms with Crippen LogP contribution in [0.2, 0.25) is 0 Å². The average Bonchev–Trinajstić information content (AvgIpc) is 2.63. The summed E-state index contributed by atoms with van der Waals surface area (Å²) in [4.78, 5) is 21.1. The van der Waals surface area contributed by atoms with Gasteiger partial charge in [-0.1, -0.05) is 32.9 Å². The van der Waals surface area contributed by atoms with Gasteiger partial charge in [0.25, 0.3) is 0 Å². The molecule has 0 radical (unpaired) electrons. The van der Waals surface area contributed by atoms with Crippen LogP contribution in [0.3, 0.4) is 0 Å². The Kier molecular flexibility index (Phi) is 7.11. The van der Waals surface area contributed by atoms with Gasteiger partial charge in [-0.25, -0.2) is 0 Å². The van der Waals surface area contributed by atoms with Crippen LogP contribution in [0.4, 0.5) is 5.69 Å². The van der Waals surface area contributed by atoms with E-state index in [0.29, 0.717) is 13.1 Å². The summed E-state index contributed by atoms with van der Waals surface area (Å²) in [7, 11) is 1.81. The Balaban J connectivity index is 1.81. The molecule has 1 saturated heterocycles. The van der Waals surface area contributed by atoms with Crippen molar-refractivity contribution in [3.05, 3.63) is 29.3 Å². The molecular weight excluding hydrogens is 338 g/mol. The van der Waals surface area contributed by atoms with Gasteiger partial charge in [0, 0.05) is 57.4 Å². The van der Waals surface area contributed by atoms with Crippen LogP contribution in [-0.2, 0) is 4.79 Å². The molecule has 1 aromatic carbocycles. The highest BCUT2D eigenvalue weighted by Crippen LogP contribution is 2.23. The highest BCUT2D eigenvalue weighted by atomic mass is 16.2. The molecular formula is C21H35N5O. The maximum Gasteiger partial charge on any atom is 0.225 e. The molecule has 0 aromatic heterocycles. The fraction of sp³-hybridized carbons (Fsp3) is 0.619. The average molecular weight is 374 g/mol. The number of rotatable bonds is 4. The Morgan fingerprint density at radius 2 is 1.70 bits per heavy atom. The molecule has 1 fully saturated rings. The molecule has 1 amide bonds. The van der Waals surface area contributed by atoms with Gasteiger partial charge in [0.2, 0.25) is 5.91 Å². The lowest BCUT2D eigenvalue weighted by atomic mass is 9.96. The molecule has 27 heavy (non-hydrogen) atoms. The van der Waals surface area contributed by atoms with Gasteiger partial charge in [-0.15, -0.1) is 0 Å². The van der Waals surface area contributed by atoms with Gasteiger partial charge in [0.15, 0.2) is 5.96 Å². The van der Waals surface area contributed by atoms with E-state index in [-0.39, 0.29) is 11.3 Å². The number of aliphatic imine (C=N–C) groups is 1. The quantitative estimate of drug-likeness (QED) is 0.482. The van der Waals surface area contributed by atoms with E-state index in [9.17, 15) is 4.79 Å². The second-order valence-electron chi connectivity index (χ2n) is 8.17. The summed E-state index contributed by atoms with van der Waals surface area (Å²) in [5.74, 6) is 0.974. The largest absolute Gasteiger partial charge is 0.368 e. The minimum atomic E-state index is -0.355. The molecule has 1 aliphatic rings. The zero-order chi connectivity index (χ0) is 20.0. The molecule has 150 valence electrons. The lowest BCUT2D eigenvalue weighted by Crippen LogP contribution is -2.53. The van der Waals surface area contributed by atoms with Crippen molar-refractivity contribution < 1.29 is 4.79 Å². The number of carbonyl (C=O) groups excluding carboxylic acids is 1. The van der Waals surface area contributed by atoms with E-state index in [1.54, 1.807) is 0 Å². The van der Waals surface area contributed by atoms with E-state index in [1.165, 1.54) is 16.8 Å². The second-order valence-corrected chi connectivity index (χ2v) is 8.17. The third kappa shape index (κ3) is 5.62. The number of aryl methyl sites for hydroxylation is 1. The van der Waals surface area contributed by atoms with E-state index < -0.39 is 0 Å². The lowest BCUT2D eigenvalue weighted by Gasteiger charge is -2.38. The van der Waals surface area contributed by atoms with Crippen LogP contribution in [0.5, 0.6) is 0 Å². The number of guanidine groups is 1. The van der Waals surface area contributed by atoms with Gasteiger partial charge < -0.3 is 20.4 Å². The van der Waals surface area contributed by atoms with Gasteiger partial charge in [-0.2, -0.15) is 0 Å². The molecule has 1 heterocycles. The van der Waals surface area contributed by atoms with Gasteiger partial charge in [-0.05, 0) is 31.0 Å². The van der Waals surface area contributed by atoms with E-state index in [2.05, 4.69) is 57.5 Å². The van der Waals surface area contributed by atoms with Crippen LogP contribution in [0.15, 0.2) is 23.2 Å². The fourth-order valence-corrected chi connectivity index (χ4v) is 3.19. The van der Waals surface area contributed by atoms with Gasteiger partial charge in [-0.3, -0.25) is 9.79 Å². The van der Waals surface area contributed by atoms with Crippen molar-refractivity contribution in [3.8, 4) is 0 Å². The van der Waals surface area contributed by atoms with Gasteiger partial charge >= 0.3 is 0 Å². The number of nitrogens with one attached hydrogen (secondary N) is 2. The monoisotopic (exact) mass is 373 g/mol. The number of amides is 1. The fourth-order valence-electron chi connectivity index (χ4n) is 3.19. The van der Waals surface area contributed by atoms with E-state index in [4.69, 9.17) is 0 Å². The summed E-state index contributed by atoms with van der Waals surface area (Å²) in [6.45, 7) is 15.2. The van der Waals surface area contributed by atoms with Crippen LogP contribution in [0.25, 0.3) is 0 Å². The molecule has 0 bridgehead atoms. The van der Waals surface area contributed by atoms with Crippen molar-refractivity contribution in [1.82, 2.24) is 15.5 Å². The van der Waals surface area contributed by atoms with Crippen molar-refractivity contribution in [1.29, 1.82) is 0 Å². The Labute approximate surface area is 164 Å². The summed E-state index contributed by atoms with van der Waals surface area (Å²) >= 11 is 0. The first-order chi connectivity index (χ1) is 12.7. The van der Waals surface area contributed by atoms with E-state index >= 15 is 0 Å². The maximum atomic E-state index is 11.9. The molecule has 2 N–H and O–H groups in total. The minimum Gasteiger partial charge on any atom is -0.368 e. The zero-order valence-electron chi connectivity index (χ0n) is 17.7. The Hall–Kier alpha value is -2.24. The summed E-state index contributed by atoms with van der Waals surface area (Å²) in [5, 5.41) is 6.33. The number of hydrogen-bond donors (Lipinski definition) is 2. The minimum absolute atomic E-state index is 0.0708. The van der Waals surface area contributed by atoms with Crippen molar-refractivity contribution >= 4 is 17.6 Å². The van der Waals surface area contributed by atoms with Crippen LogP contribution < -0.4 is 15.5 Å². The first-order valence-electron chi connectivity index (χ1n) is 9.79. The Morgan fingerprint density at radius 1 is 1.07 bits per heavy atom. The standard InChI is InChI=1S/C21H35N5O/c1-16-8-7-9-18(17(16)2)25-12-14-26(15-13-25)20(22-6)24-11-10-23-19(27)21(3,4)5/h7-9H,10-15H2,1-6H3,(H,22,24)(H,23,27). The molecule has 2 rings (SSSR count). The summed E-state index contributed by atoms with van der Waals surface area (Å²) in [6, 6.07) is 6.51. The number of nitrogens with zero attached hydrogens (tertiary/aromatic N) is 3. The first-order valence-corrected chi connectivity index (χ1v) is 9.79. The van der Waals surface area contributed by atoms with E-state index in [0.717, 1.165) is 32.1 Å². The van der Waals surface area contributed by atoms with Crippen LogP contribution in [-0.4, -0.2) is 63.1 Å². The van der Waals surface area contributed by atoms with Gasteiger partial charge in [0.05, 0.1) is 0 Å². The predicted molar refractivity (Wildman–Crippen MR) is 114 cm³/mol. The molecule has 1 aromatic rings. The van der Waals surface area contributed by atoms with Crippen molar-refractivity contribution in [2.45, 2.75) is 34.6 Å². The topological polar surface area (TPSA) is 60.0 Å². The van der Waals surface area contributed by atoms with Crippen molar-refractivity contribution in [2.24, 2.45) is 10.4 Å². The van der Waals surface area contributed by atoms with Crippen LogP contribution >= 0.6 is 0 Å². The molecule has 1 aliphatic heterocycles. The number of hydrogen-bond acceptors (Lipinski definition) is 3. The molecule has 0 spiro atoms. The highest BCUT2D eigenvalue weighted by molar-refractivity contribution is 5.82. The third-order valence-electron chi connectivity index (χ3n) is 5.08. The van der Waals surface area contributed by atoms with Crippen LogP contribution in [0.1, 0.15) is 31.9 Å². The SMILES string of the molecule is CN=C(NCCNC(=O)C(C)(C)C)N1CCN(c2cccc(C)c2C)CC1. The lowest BCUT2D eigenvalue weighted by molar-refractivity contribution is -0.128. The number of benzene rings is 1. The van der Waals surface area contributed by atoms with Crippen molar-refractivity contribution in [2.75, 3.05) is 51.2 Å². The smallest absolute Gasteiger partial charge is 0.225 e. The predicted octanol–water partition coefficient (Wildman–Crippen LogP) is 2.16. The molecule has 0 aliphatic carbocycles. The third-order valence-corrected chi connectivity index (χ3v) is 5.08. The maximum absolute atomic E-state index is 11.9. The second kappa shape index (κ2) is 9.11.